The van der Waals surface area contributed by atoms with Gasteiger partial charge in [-0.3, -0.25) is 0 Å². The van der Waals surface area contributed by atoms with Gasteiger partial charge in [-0.1, -0.05) is 0 Å². The summed E-state index contributed by atoms with van der Waals surface area (Å²) in [6.45, 7) is -0.226. The largest absolute Gasteiger partial charge is 0.490 e. The minimum Gasteiger partial charge on any atom is -0.490 e. The predicted molar refractivity (Wildman–Crippen MR) is 56.9 cm³/mol. The van der Waals surface area contributed by atoms with E-state index in [1.807, 2.05) is 0 Å². The molecule has 1 heterocycles. The molecule has 0 saturated carbocycles. The van der Waals surface area contributed by atoms with E-state index < -0.39 is 12.6 Å². The lowest BCUT2D eigenvalue weighted by Gasteiger charge is -2.21. The van der Waals surface area contributed by atoms with Gasteiger partial charge in [0.25, 0.3) is 0 Å². The van der Waals surface area contributed by atoms with E-state index in [1.54, 1.807) is 0 Å². The monoisotopic (exact) mass is 250 g/mol. The third-order valence-electron chi connectivity index (χ3n) is 2.11. The van der Waals surface area contributed by atoms with Crippen LogP contribution in [0.15, 0.2) is 6.33 Å². The SMILES string of the molecule is COc1c(N)ncnc1N(C)CCC(F)(F)F. The molecular formula is C9H13F3N4O. The van der Waals surface area contributed by atoms with E-state index in [2.05, 4.69) is 9.97 Å². The summed E-state index contributed by atoms with van der Waals surface area (Å²) in [6, 6.07) is 0. The van der Waals surface area contributed by atoms with Crippen LogP contribution < -0.4 is 15.4 Å². The molecule has 8 heteroatoms. The second kappa shape index (κ2) is 5.07. The topological polar surface area (TPSA) is 64.3 Å². The Bertz CT molecular complexity index is 383. The van der Waals surface area contributed by atoms with E-state index in [-0.39, 0.29) is 23.9 Å². The Morgan fingerprint density at radius 2 is 2.06 bits per heavy atom. The lowest BCUT2D eigenvalue weighted by Crippen LogP contribution is -2.25. The van der Waals surface area contributed by atoms with Crippen LogP contribution in [0.3, 0.4) is 0 Å². The summed E-state index contributed by atoms with van der Waals surface area (Å²) in [5, 5.41) is 0. The lowest BCUT2D eigenvalue weighted by molar-refractivity contribution is -0.132. The van der Waals surface area contributed by atoms with Gasteiger partial charge in [-0.2, -0.15) is 13.2 Å². The van der Waals surface area contributed by atoms with Crippen LogP contribution in [-0.2, 0) is 0 Å². The lowest BCUT2D eigenvalue weighted by atomic mass is 10.3. The molecular weight excluding hydrogens is 237 g/mol. The highest BCUT2D eigenvalue weighted by Crippen LogP contribution is 2.30. The molecule has 0 aliphatic carbocycles. The van der Waals surface area contributed by atoms with Gasteiger partial charge in [0, 0.05) is 13.6 Å². The number of alkyl halides is 3. The smallest absolute Gasteiger partial charge is 0.390 e. The molecule has 1 rings (SSSR count). The van der Waals surface area contributed by atoms with Gasteiger partial charge in [0.15, 0.2) is 11.6 Å². The van der Waals surface area contributed by atoms with Crippen LogP contribution >= 0.6 is 0 Å². The third-order valence-corrected chi connectivity index (χ3v) is 2.11. The van der Waals surface area contributed by atoms with Crippen LogP contribution in [0.1, 0.15) is 6.42 Å². The summed E-state index contributed by atoms with van der Waals surface area (Å²) in [7, 11) is 2.84. The number of methoxy groups -OCH3 is 1. The first-order chi connectivity index (χ1) is 7.85. The molecule has 0 radical (unpaired) electrons. The molecule has 17 heavy (non-hydrogen) atoms. The minimum absolute atomic E-state index is 0.0939. The Morgan fingerprint density at radius 1 is 1.41 bits per heavy atom. The predicted octanol–water partition coefficient (Wildman–Crippen LogP) is 1.46. The molecule has 0 atom stereocenters. The first-order valence-electron chi connectivity index (χ1n) is 4.77. The van der Waals surface area contributed by atoms with Crippen molar-refractivity contribution in [2.45, 2.75) is 12.6 Å². The molecule has 0 aliphatic heterocycles. The first kappa shape index (κ1) is 13.3. The minimum atomic E-state index is -4.21. The summed E-state index contributed by atoms with van der Waals surface area (Å²) in [5.74, 6) is 0.512. The second-order valence-corrected chi connectivity index (χ2v) is 3.40. The van der Waals surface area contributed by atoms with Crippen LogP contribution in [0.4, 0.5) is 24.8 Å². The highest BCUT2D eigenvalue weighted by Gasteiger charge is 2.28. The molecule has 0 fully saturated rings. The number of nitrogens with zero attached hydrogens (tertiary/aromatic N) is 3. The van der Waals surface area contributed by atoms with Crippen molar-refractivity contribution < 1.29 is 17.9 Å². The van der Waals surface area contributed by atoms with E-state index >= 15 is 0 Å². The van der Waals surface area contributed by atoms with Gasteiger partial charge in [-0.25, -0.2) is 9.97 Å². The quantitative estimate of drug-likeness (QED) is 0.876. The molecule has 0 amide bonds. The van der Waals surface area contributed by atoms with Gasteiger partial charge >= 0.3 is 6.18 Å². The molecule has 5 nitrogen and oxygen atoms in total. The molecule has 1 aromatic heterocycles. The van der Waals surface area contributed by atoms with E-state index in [0.717, 1.165) is 0 Å². The Morgan fingerprint density at radius 3 is 2.59 bits per heavy atom. The van der Waals surface area contributed by atoms with Crippen LogP contribution in [0.2, 0.25) is 0 Å². The average molecular weight is 250 g/mol. The fraction of sp³-hybridized carbons (Fsp3) is 0.556. The van der Waals surface area contributed by atoms with Crippen molar-refractivity contribution >= 4 is 11.6 Å². The van der Waals surface area contributed by atoms with Crippen LogP contribution in [-0.4, -0.2) is 36.8 Å². The molecule has 1 aromatic rings. The standard InChI is InChI=1S/C9H13F3N4O/c1-16(4-3-9(10,11)12)8-6(17-2)7(13)14-5-15-8/h5H,3-4H2,1-2H3,(H2,13,14,15). The molecule has 0 aromatic carbocycles. The van der Waals surface area contributed by atoms with E-state index in [1.165, 1.54) is 25.4 Å². The Labute approximate surface area is 96.4 Å². The van der Waals surface area contributed by atoms with E-state index in [4.69, 9.17) is 10.5 Å². The van der Waals surface area contributed by atoms with Crippen LogP contribution in [0.25, 0.3) is 0 Å². The molecule has 0 spiro atoms. The number of hydrogen-bond acceptors (Lipinski definition) is 5. The molecule has 0 saturated heterocycles. The second-order valence-electron chi connectivity index (χ2n) is 3.40. The van der Waals surface area contributed by atoms with E-state index in [9.17, 15) is 13.2 Å². The third kappa shape index (κ3) is 3.65. The maximum absolute atomic E-state index is 12.1. The number of ether oxygens (including phenoxy) is 1. The fourth-order valence-electron chi connectivity index (χ4n) is 1.25. The maximum Gasteiger partial charge on any atom is 0.390 e. The van der Waals surface area contributed by atoms with Gasteiger partial charge < -0.3 is 15.4 Å². The van der Waals surface area contributed by atoms with Crippen molar-refractivity contribution in [1.29, 1.82) is 0 Å². The number of nitrogens with two attached hydrogens (primary N) is 1. The fourth-order valence-corrected chi connectivity index (χ4v) is 1.25. The van der Waals surface area contributed by atoms with Gasteiger partial charge in [0.05, 0.1) is 13.5 Å². The average Bonchev–Trinajstić information content (AvgIpc) is 2.24. The number of hydrogen-bond donors (Lipinski definition) is 1. The molecule has 0 unspecified atom stereocenters. The summed E-state index contributed by atoms with van der Waals surface area (Å²) in [4.78, 5) is 8.87. The molecule has 0 aliphatic rings. The van der Waals surface area contributed by atoms with Crippen LogP contribution in [0.5, 0.6) is 5.75 Å². The maximum atomic E-state index is 12.1. The van der Waals surface area contributed by atoms with Gasteiger partial charge in [-0.15, -0.1) is 0 Å². The summed E-state index contributed by atoms with van der Waals surface area (Å²) in [6.07, 6.45) is -3.96. The number of rotatable bonds is 4. The van der Waals surface area contributed by atoms with Crippen LogP contribution in [0, 0.1) is 0 Å². The normalized spacial score (nSPS) is 11.4. The van der Waals surface area contributed by atoms with Crippen molar-refractivity contribution in [2.24, 2.45) is 0 Å². The Hall–Kier alpha value is -1.73. The molecule has 2 N–H and O–H groups in total. The van der Waals surface area contributed by atoms with Crippen molar-refractivity contribution in [3.05, 3.63) is 6.33 Å². The zero-order valence-electron chi connectivity index (χ0n) is 9.45. The highest BCUT2D eigenvalue weighted by molar-refractivity contribution is 5.62. The van der Waals surface area contributed by atoms with Crippen molar-refractivity contribution in [1.82, 2.24) is 9.97 Å². The summed E-state index contributed by atoms with van der Waals surface area (Å²) in [5.41, 5.74) is 5.53. The van der Waals surface area contributed by atoms with Gasteiger partial charge in [0.1, 0.15) is 6.33 Å². The number of aromatic nitrogens is 2. The zero-order valence-corrected chi connectivity index (χ0v) is 9.45. The van der Waals surface area contributed by atoms with Gasteiger partial charge in [0.2, 0.25) is 5.75 Å². The van der Waals surface area contributed by atoms with Crippen molar-refractivity contribution in [3.8, 4) is 5.75 Å². The summed E-state index contributed by atoms with van der Waals surface area (Å²) < 4.78 is 41.2. The highest BCUT2D eigenvalue weighted by atomic mass is 19.4. The number of anilines is 2. The zero-order chi connectivity index (χ0) is 13.1. The van der Waals surface area contributed by atoms with Crippen molar-refractivity contribution in [2.75, 3.05) is 31.3 Å². The number of nitrogen functional groups attached to an aromatic ring is 1. The Kier molecular flexibility index (Phi) is 3.97. The van der Waals surface area contributed by atoms with E-state index in [0.29, 0.717) is 0 Å². The molecule has 96 valence electrons. The summed E-state index contributed by atoms with van der Waals surface area (Å²) >= 11 is 0. The number of halogens is 3. The first-order valence-corrected chi connectivity index (χ1v) is 4.77. The van der Waals surface area contributed by atoms with Crippen molar-refractivity contribution in [3.63, 3.8) is 0 Å². The van der Waals surface area contributed by atoms with Gasteiger partial charge in [-0.05, 0) is 0 Å². The Balaban J connectivity index is 2.82. The molecule has 0 bridgehead atoms.